The van der Waals surface area contributed by atoms with E-state index in [4.69, 9.17) is 9.47 Å². The smallest absolute Gasteiger partial charge is 0.342 e. The topological polar surface area (TPSA) is 120 Å². The van der Waals surface area contributed by atoms with Crippen LogP contribution < -0.4 is 0 Å². The van der Waals surface area contributed by atoms with Crippen LogP contribution in [0, 0.1) is 17.0 Å². The molecule has 12 heteroatoms. The van der Waals surface area contributed by atoms with E-state index >= 15 is 0 Å². The lowest BCUT2D eigenvalue weighted by Crippen LogP contribution is -2.12. The Hall–Kier alpha value is -3.22. The highest BCUT2D eigenvalue weighted by atomic mass is 32.1. The second-order valence-corrected chi connectivity index (χ2v) is 9.69. The number of nitro groups is 1. The van der Waals surface area contributed by atoms with Crippen LogP contribution in [-0.4, -0.2) is 42.5 Å². The Morgan fingerprint density at radius 3 is 1.85 bits per heavy atom. The van der Waals surface area contributed by atoms with Gasteiger partial charge < -0.3 is 9.47 Å². The number of carbonyl (C=O) groups is 2. The van der Waals surface area contributed by atoms with Gasteiger partial charge in [-0.05, 0) is 39.0 Å². The quantitative estimate of drug-likeness (QED) is 0.153. The van der Waals surface area contributed by atoms with Crippen molar-refractivity contribution in [2.75, 3.05) is 13.2 Å². The number of nitrogens with zero attached hydrogens (tertiary/aromatic N) is 3. The van der Waals surface area contributed by atoms with Crippen molar-refractivity contribution in [1.82, 2.24) is 0 Å². The van der Waals surface area contributed by atoms with Crippen LogP contribution in [-0.2, 0) is 9.47 Å². The van der Waals surface area contributed by atoms with E-state index < -0.39 is 16.9 Å². The van der Waals surface area contributed by atoms with E-state index in [2.05, 4.69) is 9.98 Å². The highest BCUT2D eigenvalue weighted by molar-refractivity contribution is 7.20. The second kappa shape index (κ2) is 11.1. The molecule has 3 heterocycles. The SMILES string of the molecule is CCOC(=O)c1c(/N=C/c2ccc(C)s2)sc(/N=C/c2ccc([N+](=O)[O-])s2)c1C(=O)OCC. The Kier molecular flexibility index (Phi) is 8.20. The number of ether oxygens (including phenoxy) is 2. The fourth-order valence-corrected chi connectivity index (χ4v) is 5.06. The first-order chi connectivity index (χ1) is 15.8. The molecular formula is C21H19N3O6S3. The highest BCUT2D eigenvalue weighted by Gasteiger charge is 2.30. The Bertz CT molecular complexity index is 1240. The van der Waals surface area contributed by atoms with Gasteiger partial charge in [0.15, 0.2) is 0 Å². The van der Waals surface area contributed by atoms with Crippen LogP contribution in [0.5, 0.6) is 0 Å². The Labute approximate surface area is 201 Å². The van der Waals surface area contributed by atoms with Gasteiger partial charge >= 0.3 is 16.9 Å². The van der Waals surface area contributed by atoms with Gasteiger partial charge in [0.1, 0.15) is 21.1 Å². The average Bonchev–Trinajstić information content (AvgIpc) is 3.49. The van der Waals surface area contributed by atoms with Gasteiger partial charge in [0.2, 0.25) is 0 Å². The van der Waals surface area contributed by atoms with Crippen molar-refractivity contribution in [2.45, 2.75) is 20.8 Å². The second-order valence-electron chi connectivity index (χ2n) is 6.30. The molecule has 0 aromatic carbocycles. The Morgan fingerprint density at radius 1 is 0.909 bits per heavy atom. The van der Waals surface area contributed by atoms with Crippen molar-refractivity contribution in [1.29, 1.82) is 0 Å². The predicted octanol–water partition coefficient (Wildman–Crippen LogP) is 5.94. The van der Waals surface area contributed by atoms with Gasteiger partial charge in [0, 0.05) is 28.2 Å². The van der Waals surface area contributed by atoms with Crippen LogP contribution in [0.1, 0.15) is 49.2 Å². The number of esters is 2. The lowest BCUT2D eigenvalue weighted by atomic mass is 10.1. The molecule has 0 saturated carbocycles. The normalized spacial score (nSPS) is 11.4. The molecule has 0 aliphatic carbocycles. The summed E-state index contributed by atoms with van der Waals surface area (Å²) in [5.41, 5.74) is -0.0637. The van der Waals surface area contributed by atoms with Crippen molar-refractivity contribution in [3.8, 4) is 0 Å². The molecule has 0 N–H and O–H groups in total. The first kappa shape index (κ1) is 24.4. The summed E-state index contributed by atoms with van der Waals surface area (Å²) in [6.45, 7) is 5.50. The maximum absolute atomic E-state index is 12.8. The minimum atomic E-state index is -0.727. The third kappa shape index (κ3) is 5.97. The van der Waals surface area contributed by atoms with Crippen LogP contribution in [0.2, 0.25) is 0 Å². The monoisotopic (exact) mass is 505 g/mol. The van der Waals surface area contributed by atoms with Crippen LogP contribution in [0.3, 0.4) is 0 Å². The predicted molar refractivity (Wildman–Crippen MR) is 131 cm³/mol. The van der Waals surface area contributed by atoms with Crippen LogP contribution in [0.25, 0.3) is 0 Å². The number of rotatable bonds is 9. The van der Waals surface area contributed by atoms with E-state index in [9.17, 15) is 19.7 Å². The van der Waals surface area contributed by atoms with Gasteiger partial charge in [-0.2, -0.15) is 0 Å². The molecule has 0 atom stereocenters. The van der Waals surface area contributed by atoms with E-state index in [-0.39, 0.29) is 39.3 Å². The minimum Gasteiger partial charge on any atom is -0.462 e. The summed E-state index contributed by atoms with van der Waals surface area (Å²) in [5, 5.41) is 11.3. The molecule has 172 valence electrons. The number of thiophene rings is 3. The molecule has 0 fully saturated rings. The molecule has 3 aromatic heterocycles. The summed E-state index contributed by atoms with van der Waals surface area (Å²) < 4.78 is 10.3. The molecule has 3 rings (SSSR count). The first-order valence-electron chi connectivity index (χ1n) is 9.73. The number of hydrogen-bond donors (Lipinski definition) is 0. The third-order valence-electron chi connectivity index (χ3n) is 4.00. The largest absolute Gasteiger partial charge is 0.462 e. The van der Waals surface area contributed by atoms with E-state index in [1.165, 1.54) is 23.6 Å². The van der Waals surface area contributed by atoms with Crippen molar-refractivity contribution in [2.24, 2.45) is 9.98 Å². The lowest BCUT2D eigenvalue weighted by Gasteiger charge is -2.05. The van der Waals surface area contributed by atoms with Crippen molar-refractivity contribution < 1.29 is 24.0 Å². The van der Waals surface area contributed by atoms with Crippen molar-refractivity contribution in [3.05, 3.63) is 60.1 Å². The summed E-state index contributed by atoms with van der Waals surface area (Å²) in [7, 11) is 0. The van der Waals surface area contributed by atoms with Crippen LogP contribution in [0.15, 0.2) is 34.3 Å². The fourth-order valence-electron chi connectivity index (χ4n) is 2.65. The summed E-state index contributed by atoms with van der Waals surface area (Å²) in [6.07, 6.45) is 3.01. The minimum absolute atomic E-state index is 0.0193. The van der Waals surface area contributed by atoms with Crippen molar-refractivity contribution >= 4 is 73.4 Å². The zero-order chi connectivity index (χ0) is 24.0. The summed E-state index contributed by atoms with van der Waals surface area (Å²) in [6, 6.07) is 6.77. The molecule has 0 saturated heterocycles. The molecule has 0 spiro atoms. The lowest BCUT2D eigenvalue weighted by molar-refractivity contribution is -0.380. The summed E-state index contributed by atoms with van der Waals surface area (Å²) >= 11 is 3.50. The van der Waals surface area contributed by atoms with Gasteiger partial charge in [0.25, 0.3) is 0 Å². The number of hydrogen-bond acceptors (Lipinski definition) is 11. The molecular weight excluding hydrogens is 486 g/mol. The van der Waals surface area contributed by atoms with Crippen molar-refractivity contribution in [3.63, 3.8) is 0 Å². The number of aliphatic imine (C=N–C) groups is 2. The molecule has 0 aliphatic rings. The third-order valence-corrected chi connectivity index (χ3v) is 6.91. The standard InChI is InChI=1S/C21H19N3O6S3/c1-4-29-20(25)16-17(21(26)30-5-2)19(23-11-14-8-9-15(32-14)24(27)28)33-18(16)22-10-13-7-6-12(3)31-13/h6-11H,4-5H2,1-3H3/b22-10+,23-11+. The average molecular weight is 506 g/mol. The molecule has 0 aliphatic heterocycles. The Balaban J connectivity index is 2.10. The van der Waals surface area contributed by atoms with E-state index in [0.717, 1.165) is 32.4 Å². The Morgan fingerprint density at radius 2 is 1.42 bits per heavy atom. The molecule has 0 amide bonds. The highest BCUT2D eigenvalue weighted by Crippen LogP contribution is 2.42. The molecule has 0 unspecified atom stereocenters. The van der Waals surface area contributed by atoms with Gasteiger partial charge in [-0.3, -0.25) is 10.1 Å². The molecule has 0 radical (unpaired) electrons. The molecule has 3 aromatic rings. The van der Waals surface area contributed by atoms with E-state index in [1.54, 1.807) is 26.1 Å². The first-order valence-corrected chi connectivity index (χ1v) is 12.2. The molecule has 0 bridgehead atoms. The maximum Gasteiger partial charge on any atom is 0.342 e. The fraction of sp³-hybridized carbons (Fsp3) is 0.238. The van der Waals surface area contributed by atoms with E-state index in [0.29, 0.717) is 4.88 Å². The summed E-state index contributed by atoms with van der Waals surface area (Å²) in [5.74, 6) is -1.44. The van der Waals surface area contributed by atoms with Gasteiger partial charge in [-0.25, -0.2) is 19.6 Å². The molecule has 9 nitrogen and oxygen atoms in total. The zero-order valence-corrected chi connectivity index (χ0v) is 20.3. The summed E-state index contributed by atoms with van der Waals surface area (Å²) in [4.78, 5) is 47.2. The number of aryl methyl sites for hydroxylation is 1. The van der Waals surface area contributed by atoms with Crippen LogP contribution in [0.4, 0.5) is 15.0 Å². The van der Waals surface area contributed by atoms with Gasteiger partial charge in [0.05, 0.1) is 23.0 Å². The van der Waals surface area contributed by atoms with Gasteiger partial charge in [-0.1, -0.05) is 22.7 Å². The molecule has 33 heavy (non-hydrogen) atoms. The number of carbonyl (C=O) groups excluding carboxylic acids is 2. The van der Waals surface area contributed by atoms with Gasteiger partial charge in [-0.15, -0.1) is 11.3 Å². The van der Waals surface area contributed by atoms with Crippen LogP contribution >= 0.6 is 34.0 Å². The zero-order valence-electron chi connectivity index (χ0n) is 17.9. The maximum atomic E-state index is 12.8. The van der Waals surface area contributed by atoms with E-state index in [1.807, 2.05) is 19.1 Å².